The molecule has 4 fully saturated rings. The number of hydrogen-bond donors (Lipinski definition) is 0. The summed E-state index contributed by atoms with van der Waals surface area (Å²) >= 11 is 0. The van der Waals surface area contributed by atoms with Gasteiger partial charge in [0.2, 0.25) is 17.7 Å². The Hall–Kier alpha value is -2.95. The quantitative estimate of drug-likeness (QED) is 0.242. The van der Waals surface area contributed by atoms with Crippen LogP contribution in [0, 0.1) is 5.41 Å². The van der Waals surface area contributed by atoms with Gasteiger partial charge in [0.05, 0.1) is 37.4 Å². The van der Waals surface area contributed by atoms with E-state index in [2.05, 4.69) is 82.3 Å². The van der Waals surface area contributed by atoms with Crippen LogP contribution in [-0.2, 0) is 16.1 Å². The Morgan fingerprint density at radius 2 is 1.55 bits per heavy atom. The van der Waals surface area contributed by atoms with Gasteiger partial charge in [0.25, 0.3) is 0 Å². The van der Waals surface area contributed by atoms with Gasteiger partial charge in [0.15, 0.2) is 0 Å². The first-order valence-electron chi connectivity index (χ1n) is 17.5. The maximum Gasteiger partial charge on any atom is 0.233 e. The molecule has 2 atom stereocenters. The highest BCUT2D eigenvalue weighted by molar-refractivity contribution is 5.85. The van der Waals surface area contributed by atoms with E-state index in [-0.39, 0.29) is 60.2 Å². The molecule has 0 unspecified atom stereocenters. The van der Waals surface area contributed by atoms with E-state index in [0.29, 0.717) is 44.0 Å². The molecule has 1 amide bonds. The fraction of sp³-hybridized carbons (Fsp3) is 0.553. The number of hydrogen-bond acceptors (Lipinski definition) is 8. The second-order valence-corrected chi connectivity index (χ2v) is 14.1. The lowest BCUT2D eigenvalue weighted by Gasteiger charge is -2.55. The maximum absolute atomic E-state index is 13.9. The van der Waals surface area contributed by atoms with Crippen molar-refractivity contribution in [2.24, 2.45) is 5.41 Å². The first kappa shape index (κ1) is 37.3. The molecule has 266 valence electrons. The molecule has 4 heterocycles. The molecule has 2 aromatic carbocycles. The minimum absolute atomic E-state index is 0. The number of rotatable bonds is 11. The zero-order valence-electron chi connectivity index (χ0n) is 29.1. The molecule has 4 aliphatic rings. The van der Waals surface area contributed by atoms with E-state index in [1.807, 2.05) is 13.8 Å². The summed E-state index contributed by atoms with van der Waals surface area (Å²) in [5.74, 6) is 2.86. The molecule has 49 heavy (non-hydrogen) atoms. The maximum atomic E-state index is 13.9. The minimum Gasteiger partial charge on any atom is -0.481 e. The molecule has 3 aliphatic heterocycles. The number of methoxy groups -OCH3 is 1. The smallest absolute Gasteiger partial charge is 0.233 e. The number of halogens is 2. The molecular weight excluding hydrogens is 661 g/mol. The third-order valence-electron chi connectivity index (χ3n) is 10.6. The van der Waals surface area contributed by atoms with Crippen molar-refractivity contribution in [1.29, 1.82) is 0 Å². The number of aromatic nitrogens is 2. The highest BCUT2D eigenvalue weighted by Crippen LogP contribution is 2.42. The summed E-state index contributed by atoms with van der Waals surface area (Å²) in [4.78, 5) is 31.1. The second-order valence-electron chi connectivity index (χ2n) is 14.1. The Balaban J connectivity index is 0.00000234. The van der Waals surface area contributed by atoms with Crippen LogP contribution in [0.4, 0.5) is 0 Å². The van der Waals surface area contributed by atoms with Crippen LogP contribution in [0.3, 0.4) is 0 Å². The third-order valence-corrected chi connectivity index (χ3v) is 10.6. The largest absolute Gasteiger partial charge is 0.481 e. The van der Waals surface area contributed by atoms with Gasteiger partial charge in [-0.2, -0.15) is 9.97 Å². The van der Waals surface area contributed by atoms with Gasteiger partial charge in [-0.1, -0.05) is 67.6 Å². The highest BCUT2D eigenvalue weighted by Gasteiger charge is 2.49. The van der Waals surface area contributed by atoms with Crippen LogP contribution in [0.15, 0.2) is 60.7 Å². The zero-order valence-corrected chi connectivity index (χ0v) is 30.8. The molecule has 0 bridgehead atoms. The Kier molecular flexibility index (Phi) is 12.1. The van der Waals surface area contributed by atoms with Crippen LogP contribution in [-0.4, -0.2) is 102 Å². The van der Waals surface area contributed by atoms with Gasteiger partial charge in [-0.15, -0.1) is 24.8 Å². The van der Waals surface area contributed by atoms with Gasteiger partial charge in [-0.25, -0.2) is 0 Å². The summed E-state index contributed by atoms with van der Waals surface area (Å²) in [6, 6.07) is 22.1. The van der Waals surface area contributed by atoms with Gasteiger partial charge in [0.1, 0.15) is 5.82 Å². The van der Waals surface area contributed by atoms with E-state index in [4.69, 9.17) is 24.2 Å². The van der Waals surface area contributed by atoms with Crippen molar-refractivity contribution in [2.75, 3.05) is 53.0 Å². The predicted molar refractivity (Wildman–Crippen MR) is 195 cm³/mol. The molecule has 0 spiro atoms. The van der Waals surface area contributed by atoms with Crippen molar-refractivity contribution in [3.8, 4) is 11.8 Å². The summed E-state index contributed by atoms with van der Waals surface area (Å²) in [5, 5.41) is 0. The van der Waals surface area contributed by atoms with Crippen molar-refractivity contribution in [1.82, 2.24) is 24.7 Å². The molecular formula is C38H51Cl2N5O4. The minimum atomic E-state index is -0.371. The number of benzene rings is 2. The Labute approximate surface area is 303 Å². The molecule has 0 N–H and O–H groups in total. The lowest BCUT2D eigenvalue weighted by atomic mass is 9.80. The van der Waals surface area contributed by atoms with Gasteiger partial charge in [-0.05, 0) is 44.2 Å². The molecule has 3 saturated heterocycles. The molecule has 1 saturated carbocycles. The first-order valence-corrected chi connectivity index (χ1v) is 17.5. The topological polar surface area (TPSA) is 80.3 Å². The number of carbonyl (C=O) groups excluding carboxylic acids is 1. The van der Waals surface area contributed by atoms with Crippen LogP contribution in [0.1, 0.15) is 74.4 Å². The molecule has 1 aliphatic carbocycles. The van der Waals surface area contributed by atoms with E-state index in [1.54, 1.807) is 7.11 Å². The summed E-state index contributed by atoms with van der Waals surface area (Å²) in [6.45, 7) is 11.8. The number of fused-ring (bicyclic) bond motifs is 1. The van der Waals surface area contributed by atoms with E-state index >= 15 is 0 Å². The van der Waals surface area contributed by atoms with Crippen molar-refractivity contribution in [2.45, 2.75) is 76.6 Å². The monoisotopic (exact) mass is 711 g/mol. The average Bonchev–Trinajstić information content (AvgIpc) is 3.92. The zero-order chi connectivity index (χ0) is 32.5. The van der Waals surface area contributed by atoms with E-state index in [1.165, 1.54) is 11.1 Å². The molecule has 0 radical (unpaired) electrons. The number of carbonyl (C=O) groups is 1. The van der Waals surface area contributed by atoms with Crippen LogP contribution < -0.4 is 9.47 Å². The molecule has 9 nitrogen and oxygen atoms in total. The van der Waals surface area contributed by atoms with E-state index in [9.17, 15) is 4.79 Å². The van der Waals surface area contributed by atoms with Crippen molar-refractivity contribution in [3.05, 3.63) is 83.2 Å². The standard InChI is InChI=1S/C38H49N5O4.2ClH/c1-5-38(24-46-25-38)37(44)42-18-19-43-30(21-42)20-41(22-31-35(45-4)39-34(29-16-17-29)40-36(31)47-26(2)3)23-32(43)33(27-12-8-6-9-13-27)28-14-10-7-11-15-28;;/h6-15,26,29-30,32-33H,5,16-25H2,1-4H3;2*1H/t30-,32+;;/m1../s1. The summed E-state index contributed by atoms with van der Waals surface area (Å²) in [6.07, 6.45) is 3.00. The van der Waals surface area contributed by atoms with Gasteiger partial charge in [-0.3, -0.25) is 14.6 Å². The van der Waals surface area contributed by atoms with Crippen LogP contribution >= 0.6 is 24.8 Å². The molecule has 11 heteroatoms. The van der Waals surface area contributed by atoms with E-state index < -0.39 is 0 Å². The lowest BCUT2D eigenvalue weighted by Crippen LogP contribution is -2.69. The summed E-state index contributed by atoms with van der Waals surface area (Å²) < 4.78 is 17.8. The highest BCUT2D eigenvalue weighted by atomic mass is 35.5. The predicted octanol–water partition coefficient (Wildman–Crippen LogP) is 5.95. The van der Waals surface area contributed by atoms with Gasteiger partial charge >= 0.3 is 0 Å². The van der Waals surface area contributed by atoms with Gasteiger partial charge < -0.3 is 19.1 Å². The first-order chi connectivity index (χ1) is 22.9. The van der Waals surface area contributed by atoms with Crippen molar-refractivity contribution in [3.63, 3.8) is 0 Å². The second kappa shape index (κ2) is 15.9. The third kappa shape index (κ3) is 7.71. The Bertz CT molecular complexity index is 1490. The average molecular weight is 713 g/mol. The van der Waals surface area contributed by atoms with E-state index in [0.717, 1.165) is 56.8 Å². The molecule has 7 rings (SSSR count). The van der Waals surface area contributed by atoms with Gasteiger partial charge in [0, 0.05) is 63.2 Å². The normalized spacial score (nSPS) is 22.0. The lowest BCUT2D eigenvalue weighted by molar-refractivity contribution is -0.177. The van der Waals surface area contributed by atoms with Crippen LogP contribution in [0.2, 0.25) is 0 Å². The Morgan fingerprint density at radius 1 is 0.918 bits per heavy atom. The van der Waals surface area contributed by atoms with Crippen LogP contribution in [0.25, 0.3) is 0 Å². The Morgan fingerprint density at radius 3 is 2.08 bits per heavy atom. The number of ether oxygens (including phenoxy) is 3. The molecule has 1 aromatic heterocycles. The fourth-order valence-corrected chi connectivity index (χ4v) is 7.77. The number of amides is 1. The summed E-state index contributed by atoms with van der Waals surface area (Å²) in [5.41, 5.74) is 3.13. The van der Waals surface area contributed by atoms with Crippen molar-refractivity contribution < 1.29 is 19.0 Å². The fourth-order valence-electron chi connectivity index (χ4n) is 7.77. The number of nitrogens with zero attached hydrogens (tertiary/aromatic N) is 5. The van der Waals surface area contributed by atoms with Crippen molar-refractivity contribution >= 4 is 30.7 Å². The van der Waals surface area contributed by atoms with Crippen LogP contribution in [0.5, 0.6) is 11.8 Å². The SMILES string of the molecule is CCC1(C(=O)N2CCN3[C@H](CN(Cc4c(OC)nc(C5CC5)nc4OC(C)C)C[C@H]3C(c3ccccc3)c3ccccc3)C2)COC1.Cl.Cl. The summed E-state index contributed by atoms with van der Waals surface area (Å²) in [7, 11) is 1.70. The number of piperazine rings is 2. The molecule has 3 aromatic rings.